The molecule has 1 heterocycles. The van der Waals surface area contributed by atoms with Crippen molar-refractivity contribution in [2.75, 3.05) is 4.72 Å². The van der Waals surface area contributed by atoms with Crippen molar-refractivity contribution in [3.05, 3.63) is 112 Å². The first-order chi connectivity index (χ1) is 18.4. The van der Waals surface area contributed by atoms with Crippen LogP contribution >= 0.6 is 23.2 Å². The molecule has 0 unspecified atom stereocenters. The van der Waals surface area contributed by atoms with E-state index in [4.69, 9.17) is 27.9 Å². The minimum atomic E-state index is -4.06. The van der Waals surface area contributed by atoms with Crippen LogP contribution in [0.15, 0.2) is 96.2 Å². The average Bonchev–Trinajstić information content (AvgIpc) is 2.89. The Bertz CT molecular complexity index is 1570. The van der Waals surface area contributed by atoms with Crippen LogP contribution in [0.1, 0.15) is 36.7 Å². The van der Waals surface area contributed by atoms with Gasteiger partial charge in [0.25, 0.3) is 15.9 Å². The van der Waals surface area contributed by atoms with Gasteiger partial charge in [-0.1, -0.05) is 41.4 Å². The molecule has 0 aliphatic heterocycles. The number of carbonyl (C=O) groups excluding carboxylic acids is 1. The van der Waals surface area contributed by atoms with E-state index in [1.807, 2.05) is 26.8 Å². The Balaban J connectivity index is 1.61. The second-order valence-corrected chi connectivity index (χ2v) is 12.2. The second-order valence-electron chi connectivity index (χ2n) is 9.72. The smallest absolute Gasteiger partial charge is 0.261 e. The van der Waals surface area contributed by atoms with Gasteiger partial charge in [-0.3, -0.25) is 14.5 Å². The predicted molar refractivity (Wildman–Crippen MR) is 154 cm³/mol. The molecule has 0 aliphatic carbocycles. The van der Waals surface area contributed by atoms with Crippen molar-refractivity contribution in [3.63, 3.8) is 0 Å². The van der Waals surface area contributed by atoms with Crippen molar-refractivity contribution in [3.8, 4) is 11.5 Å². The number of sulfonamides is 1. The fourth-order valence-corrected chi connectivity index (χ4v) is 5.19. The van der Waals surface area contributed by atoms with Gasteiger partial charge in [0.2, 0.25) is 0 Å². The number of hydrogen-bond acceptors (Lipinski definition) is 5. The summed E-state index contributed by atoms with van der Waals surface area (Å²) in [5.74, 6) is 0.488. The highest BCUT2D eigenvalue weighted by atomic mass is 35.5. The molecule has 0 radical (unpaired) electrons. The molecule has 0 saturated heterocycles. The summed E-state index contributed by atoms with van der Waals surface area (Å²) in [6.45, 7) is 5.99. The van der Waals surface area contributed by atoms with Crippen LogP contribution in [0.5, 0.6) is 11.5 Å². The van der Waals surface area contributed by atoms with Gasteiger partial charge in [-0.15, -0.1) is 0 Å². The molecular formula is C29H27Cl2N3O4S. The summed E-state index contributed by atoms with van der Waals surface area (Å²) in [5.41, 5.74) is 0.497. The van der Waals surface area contributed by atoms with E-state index >= 15 is 0 Å². The van der Waals surface area contributed by atoms with Gasteiger partial charge in [-0.25, -0.2) is 8.42 Å². The van der Waals surface area contributed by atoms with E-state index in [1.165, 1.54) is 42.5 Å². The number of hydrogen-bond donors (Lipinski definition) is 1. The van der Waals surface area contributed by atoms with Crippen molar-refractivity contribution < 1.29 is 17.9 Å². The van der Waals surface area contributed by atoms with Gasteiger partial charge in [0.15, 0.2) is 0 Å². The SMILES string of the molecule is CC(C)(C)N(Cc1cccnc1)C(=O)c1cc(Cl)ccc1NS(=O)(=O)c1ccc(Oc2ccccc2Cl)cc1. The third kappa shape index (κ3) is 7.09. The molecule has 0 spiro atoms. The van der Waals surface area contributed by atoms with Crippen LogP contribution in [0.25, 0.3) is 0 Å². The lowest BCUT2D eigenvalue weighted by molar-refractivity contribution is 0.0560. The number of carbonyl (C=O) groups is 1. The highest BCUT2D eigenvalue weighted by molar-refractivity contribution is 7.92. The lowest BCUT2D eigenvalue weighted by Gasteiger charge is -2.36. The standard InChI is InChI=1S/C29H27Cl2N3O4S/c1-29(2,3)34(19-20-7-6-16-32-18-20)28(35)24-17-21(30)10-15-26(24)33-39(36,37)23-13-11-22(12-14-23)38-27-9-5-4-8-25(27)31/h4-18,33H,19H2,1-3H3. The maximum absolute atomic E-state index is 13.8. The zero-order valence-corrected chi connectivity index (χ0v) is 23.9. The van der Waals surface area contributed by atoms with E-state index in [0.29, 0.717) is 21.5 Å². The summed E-state index contributed by atoms with van der Waals surface area (Å²) in [6, 6.07) is 21.0. The number of nitrogens with zero attached hydrogens (tertiary/aromatic N) is 2. The number of ether oxygens (including phenoxy) is 1. The number of para-hydroxylation sites is 1. The van der Waals surface area contributed by atoms with Gasteiger partial charge in [0, 0.05) is 29.5 Å². The van der Waals surface area contributed by atoms with Crippen molar-refractivity contribution in [2.24, 2.45) is 0 Å². The summed E-state index contributed by atoms with van der Waals surface area (Å²) in [5, 5.41) is 0.737. The Kier molecular flexibility index (Phi) is 8.49. The van der Waals surface area contributed by atoms with E-state index in [2.05, 4.69) is 9.71 Å². The molecular weight excluding hydrogens is 557 g/mol. The summed E-state index contributed by atoms with van der Waals surface area (Å²) in [4.78, 5) is 19.6. The van der Waals surface area contributed by atoms with E-state index in [9.17, 15) is 13.2 Å². The Morgan fingerprint density at radius 3 is 2.33 bits per heavy atom. The van der Waals surface area contributed by atoms with Crippen LogP contribution in [0.2, 0.25) is 10.0 Å². The molecule has 39 heavy (non-hydrogen) atoms. The fourth-order valence-electron chi connectivity index (χ4n) is 3.76. The molecule has 4 aromatic rings. The van der Waals surface area contributed by atoms with Gasteiger partial charge < -0.3 is 9.64 Å². The Morgan fingerprint density at radius 2 is 1.69 bits per heavy atom. The van der Waals surface area contributed by atoms with E-state index in [0.717, 1.165) is 5.56 Å². The van der Waals surface area contributed by atoms with Gasteiger partial charge in [0.05, 0.1) is 21.2 Å². The molecule has 7 nitrogen and oxygen atoms in total. The first-order valence-corrected chi connectivity index (χ1v) is 14.2. The van der Waals surface area contributed by atoms with E-state index in [-0.39, 0.29) is 28.6 Å². The van der Waals surface area contributed by atoms with Crippen LogP contribution in [0.4, 0.5) is 5.69 Å². The molecule has 0 fully saturated rings. The van der Waals surface area contributed by atoms with Gasteiger partial charge in [-0.05, 0) is 87.0 Å². The van der Waals surface area contributed by atoms with Crippen molar-refractivity contribution in [1.82, 2.24) is 9.88 Å². The number of rotatable bonds is 8. The summed E-state index contributed by atoms with van der Waals surface area (Å²) in [7, 11) is -4.06. The van der Waals surface area contributed by atoms with Crippen molar-refractivity contribution in [1.29, 1.82) is 0 Å². The zero-order chi connectivity index (χ0) is 28.2. The number of pyridine rings is 1. The molecule has 3 aromatic carbocycles. The maximum atomic E-state index is 13.8. The molecule has 0 atom stereocenters. The summed E-state index contributed by atoms with van der Waals surface area (Å²) < 4.78 is 34.9. The third-order valence-corrected chi connectivity index (χ3v) is 7.70. The molecule has 0 saturated carbocycles. The molecule has 1 amide bonds. The van der Waals surface area contributed by atoms with E-state index in [1.54, 1.807) is 47.6 Å². The summed E-state index contributed by atoms with van der Waals surface area (Å²) >= 11 is 12.4. The van der Waals surface area contributed by atoms with Gasteiger partial charge in [0.1, 0.15) is 11.5 Å². The predicted octanol–water partition coefficient (Wildman–Crippen LogP) is 7.42. The molecule has 202 valence electrons. The van der Waals surface area contributed by atoms with E-state index < -0.39 is 15.6 Å². The molecule has 4 rings (SSSR count). The van der Waals surface area contributed by atoms with Crippen LogP contribution < -0.4 is 9.46 Å². The van der Waals surface area contributed by atoms with Crippen LogP contribution in [0.3, 0.4) is 0 Å². The molecule has 0 aliphatic rings. The Labute approximate surface area is 238 Å². The van der Waals surface area contributed by atoms with Crippen LogP contribution in [-0.4, -0.2) is 29.7 Å². The first-order valence-electron chi connectivity index (χ1n) is 12.0. The highest BCUT2D eigenvalue weighted by Gasteiger charge is 2.30. The fraction of sp³-hybridized carbons (Fsp3) is 0.172. The van der Waals surface area contributed by atoms with Crippen molar-refractivity contribution >= 4 is 44.8 Å². The van der Waals surface area contributed by atoms with Gasteiger partial charge >= 0.3 is 0 Å². The third-order valence-electron chi connectivity index (χ3n) is 5.77. The topological polar surface area (TPSA) is 88.6 Å². The van der Waals surface area contributed by atoms with Crippen LogP contribution in [-0.2, 0) is 16.6 Å². The number of amides is 1. The highest BCUT2D eigenvalue weighted by Crippen LogP contribution is 2.31. The first kappa shape index (κ1) is 28.4. The number of benzene rings is 3. The number of nitrogens with one attached hydrogen (secondary N) is 1. The van der Waals surface area contributed by atoms with Gasteiger partial charge in [-0.2, -0.15) is 0 Å². The van der Waals surface area contributed by atoms with Crippen LogP contribution in [0, 0.1) is 0 Å². The number of halogens is 2. The molecule has 0 bridgehead atoms. The molecule has 1 aromatic heterocycles. The lowest BCUT2D eigenvalue weighted by atomic mass is 10.0. The number of anilines is 1. The number of aromatic nitrogens is 1. The largest absolute Gasteiger partial charge is 0.456 e. The monoisotopic (exact) mass is 583 g/mol. The second kappa shape index (κ2) is 11.7. The summed E-state index contributed by atoms with van der Waals surface area (Å²) in [6.07, 6.45) is 3.35. The lowest BCUT2D eigenvalue weighted by Crippen LogP contribution is -2.45. The van der Waals surface area contributed by atoms with Crippen molar-refractivity contribution in [2.45, 2.75) is 37.8 Å². The Morgan fingerprint density at radius 1 is 0.974 bits per heavy atom. The zero-order valence-electron chi connectivity index (χ0n) is 21.6. The maximum Gasteiger partial charge on any atom is 0.261 e. The molecule has 1 N–H and O–H groups in total. The minimum Gasteiger partial charge on any atom is -0.456 e. The normalized spacial score (nSPS) is 11.6. The molecule has 10 heteroatoms. The Hall–Kier alpha value is -3.59. The minimum absolute atomic E-state index is 0.00889. The average molecular weight is 585 g/mol. The quantitative estimate of drug-likeness (QED) is 0.233.